The number of amides is 1. The van der Waals surface area contributed by atoms with Crippen LogP contribution in [-0.4, -0.2) is 19.6 Å². The van der Waals surface area contributed by atoms with Crippen LogP contribution < -0.4 is 10.1 Å². The van der Waals surface area contributed by atoms with Gasteiger partial charge in [-0.3, -0.25) is 4.79 Å². The van der Waals surface area contributed by atoms with Gasteiger partial charge in [0.2, 0.25) is 5.91 Å². The van der Waals surface area contributed by atoms with Crippen LogP contribution in [0.25, 0.3) is 0 Å². The van der Waals surface area contributed by atoms with E-state index in [1.165, 1.54) is 0 Å². The molecule has 1 rings (SSSR count). The smallest absolute Gasteiger partial charge is 0.234 e. The summed E-state index contributed by atoms with van der Waals surface area (Å²) in [5.74, 6) is 0.629. The molecule has 0 unspecified atom stereocenters. The minimum atomic E-state index is -0.244. The Morgan fingerprint density at radius 2 is 1.95 bits per heavy atom. The molecule has 108 valence electrons. The van der Waals surface area contributed by atoms with Crippen LogP contribution in [0, 0.1) is 32.1 Å². The molecule has 0 saturated carbocycles. The Hall–Kier alpha value is -1.54. The summed E-state index contributed by atoms with van der Waals surface area (Å²) >= 11 is 3.60. The molecule has 0 radical (unpaired) electrons. The van der Waals surface area contributed by atoms with Gasteiger partial charge in [0.05, 0.1) is 13.2 Å². The van der Waals surface area contributed by atoms with Crippen molar-refractivity contribution in [2.24, 2.45) is 0 Å². The van der Waals surface area contributed by atoms with Crippen LogP contribution in [0.3, 0.4) is 0 Å². The van der Waals surface area contributed by atoms with Gasteiger partial charge in [-0.05, 0) is 43.9 Å². The Morgan fingerprint density at radius 3 is 2.50 bits per heavy atom. The molecule has 0 bridgehead atoms. The summed E-state index contributed by atoms with van der Waals surface area (Å²) in [6.45, 7) is 6.60. The van der Waals surface area contributed by atoms with Crippen LogP contribution in [0.15, 0.2) is 4.47 Å². The molecule has 1 aromatic carbocycles. The first-order valence-corrected chi connectivity index (χ1v) is 7.19. The number of rotatable bonds is 5. The molecule has 0 aromatic heterocycles. The Balaban J connectivity index is 2.95. The normalized spacial score (nSPS) is 10.0. The number of nitrogens with one attached hydrogen (secondary N) is 1. The fourth-order valence-electron chi connectivity index (χ4n) is 2.18. The molecular formula is C15H19BrN2O2. The highest BCUT2D eigenvalue weighted by atomic mass is 79.9. The third-order valence-electron chi connectivity index (χ3n) is 3.43. The zero-order valence-electron chi connectivity index (χ0n) is 12.3. The molecular weight excluding hydrogens is 320 g/mol. The summed E-state index contributed by atoms with van der Waals surface area (Å²) in [6.07, 6.45) is 0.568. The van der Waals surface area contributed by atoms with Crippen molar-refractivity contribution in [3.63, 3.8) is 0 Å². The predicted molar refractivity (Wildman–Crippen MR) is 81.8 cm³/mol. The van der Waals surface area contributed by atoms with Crippen molar-refractivity contribution in [3.05, 3.63) is 26.7 Å². The highest BCUT2D eigenvalue weighted by Gasteiger charge is 2.16. The van der Waals surface area contributed by atoms with E-state index >= 15 is 0 Å². The molecule has 4 nitrogen and oxygen atoms in total. The van der Waals surface area contributed by atoms with Crippen LogP contribution in [0.2, 0.25) is 0 Å². The topological polar surface area (TPSA) is 62.1 Å². The zero-order chi connectivity index (χ0) is 15.3. The van der Waals surface area contributed by atoms with Gasteiger partial charge < -0.3 is 10.1 Å². The van der Waals surface area contributed by atoms with E-state index in [4.69, 9.17) is 10.00 Å². The molecule has 0 heterocycles. The number of hydrogen-bond donors (Lipinski definition) is 1. The lowest BCUT2D eigenvalue weighted by Gasteiger charge is -2.19. The lowest BCUT2D eigenvalue weighted by molar-refractivity contribution is -0.120. The second kappa shape index (κ2) is 7.30. The highest BCUT2D eigenvalue weighted by Crippen LogP contribution is 2.36. The first-order valence-electron chi connectivity index (χ1n) is 6.39. The lowest BCUT2D eigenvalue weighted by atomic mass is 9.97. The third-order valence-corrected chi connectivity index (χ3v) is 4.62. The molecule has 0 fully saturated rings. The predicted octanol–water partition coefficient (Wildman–Crippen LogP) is 2.96. The number of nitrogens with zero attached hydrogens (tertiary/aromatic N) is 1. The van der Waals surface area contributed by atoms with E-state index in [2.05, 4.69) is 21.2 Å². The molecule has 0 spiro atoms. The van der Waals surface area contributed by atoms with Crippen molar-refractivity contribution < 1.29 is 9.53 Å². The van der Waals surface area contributed by atoms with E-state index in [0.29, 0.717) is 13.0 Å². The number of hydrogen-bond acceptors (Lipinski definition) is 3. The standard InChI is InChI=1S/C15H19BrN2O2/c1-9-10(2)15(20-4)12(11(3)14(9)16)6-8-18-13(19)5-7-17/h5-6,8H2,1-4H3,(H,18,19). The van der Waals surface area contributed by atoms with Gasteiger partial charge in [-0.15, -0.1) is 0 Å². The summed E-state index contributed by atoms with van der Waals surface area (Å²) in [6, 6.07) is 1.83. The summed E-state index contributed by atoms with van der Waals surface area (Å²) in [7, 11) is 1.66. The Labute approximate surface area is 128 Å². The van der Waals surface area contributed by atoms with Crippen LogP contribution in [-0.2, 0) is 11.2 Å². The van der Waals surface area contributed by atoms with E-state index in [9.17, 15) is 4.79 Å². The number of nitriles is 1. The summed E-state index contributed by atoms with van der Waals surface area (Å²) in [5, 5.41) is 11.2. The van der Waals surface area contributed by atoms with Crippen molar-refractivity contribution >= 4 is 21.8 Å². The zero-order valence-corrected chi connectivity index (χ0v) is 13.8. The number of carbonyl (C=O) groups excluding carboxylic acids is 1. The second-order valence-electron chi connectivity index (χ2n) is 4.64. The van der Waals surface area contributed by atoms with Gasteiger partial charge in [-0.2, -0.15) is 5.26 Å². The van der Waals surface area contributed by atoms with Crippen LogP contribution in [0.1, 0.15) is 28.7 Å². The van der Waals surface area contributed by atoms with E-state index < -0.39 is 0 Å². The van der Waals surface area contributed by atoms with Gasteiger partial charge in [0, 0.05) is 16.6 Å². The molecule has 1 aromatic rings. The summed E-state index contributed by atoms with van der Waals surface area (Å²) in [4.78, 5) is 11.3. The molecule has 0 aliphatic carbocycles. The van der Waals surface area contributed by atoms with E-state index in [1.807, 2.05) is 26.8 Å². The van der Waals surface area contributed by atoms with Gasteiger partial charge in [-0.1, -0.05) is 15.9 Å². The molecule has 0 atom stereocenters. The SMILES string of the molecule is COc1c(C)c(C)c(Br)c(C)c1CCNC(=O)CC#N. The van der Waals surface area contributed by atoms with Crippen LogP contribution >= 0.6 is 15.9 Å². The molecule has 1 N–H and O–H groups in total. The number of benzene rings is 1. The van der Waals surface area contributed by atoms with Gasteiger partial charge in [0.15, 0.2) is 0 Å². The van der Waals surface area contributed by atoms with Crippen molar-refractivity contribution in [2.75, 3.05) is 13.7 Å². The van der Waals surface area contributed by atoms with Crippen molar-refractivity contribution in [3.8, 4) is 11.8 Å². The highest BCUT2D eigenvalue weighted by molar-refractivity contribution is 9.10. The fraction of sp³-hybridized carbons (Fsp3) is 0.467. The fourth-order valence-corrected chi connectivity index (χ4v) is 2.72. The van der Waals surface area contributed by atoms with Crippen molar-refractivity contribution in [1.29, 1.82) is 5.26 Å². The van der Waals surface area contributed by atoms with Crippen molar-refractivity contribution in [1.82, 2.24) is 5.32 Å². The molecule has 0 saturated heterocycles. The van der Waals surface area contributed by atoms with Gasteiger partial charge in [-0.25, -0.2) is 0 Å². The molecule has 5 heteroatoms. The molecule has 1 amide bonds. The number of methoxy groups -OCH3 is 1. The summed E-state index contributed by atoms with van der Waals surface area (Å²) < 4.78 is 6.59. The minimum absolute atomic E-state index is 0.104. The van der Waals surface area contributed by atoms with E-state index in [1.54, 1.807) is 7.11 Å². The van der Waals surface area contributed by atoms with Crippen molar-refractivity contribution in [2.45, 2.75) is 33.6 Å². The Morgan fingerprint density at radius 1 is 1.30 bits per heavy atom. The second-order valence-corrected chi connectivity index (χ2v) is 5.43. The number of ether oxygens (including phenoxy) is 1. The lowest BCUT2D eigenvalue weighted by Crippen LogP contribution is -2.25. The maximum absolute atomic E-state index is 11.3. The molecule has 0 aliphatic rings. The third kappa shape index (κ3) is 3.51. The maximum atomic E-state index is 11.3. The van der Waals surface area contributed by atoms with Gasteiger partial charge >= 0.3 is 0 Å². The average Bonchev–Trinajstić information content (AvgIpc) is 2.42. The largest absolute Gasteiger partial charge is 0.496 e. The number of carbonyl (C=O) groups is 1. The van der Waals surface area contributed by atoms with Crippen LogP contribution in [0.5, 0.6) is 5.75 Å². The average molecular weight is 339 g/mol. The van der Waals surface area contributed by atoms with Gasteiger partial charge in [0.25, 0.3) is 0 Å². The van der Waals surface area contributed by atoms with Gasteiger partial charge in [0.1, 0.15) is 12.2 Å². The monoisotopic (exact) mass is 338 g/mol. The first-order chi connectivity index (χ1) is 9.43. The molecule has 20 heavy (non-hydrogen) atoms. The first kappa shape index (κ1) is 16.5. The quantitative estimate of drug-likeness (QED) is 0.897. The van der Waals surface area contributed by atoms with E-state index in [-0.39, 0.29) is 12.3 Å². The van der Waals surface area contributed by atoms with E-state index in [0.717, 1.165) is 32.5 Å². The Bertz CT molecular complexity index is 562. The number of halogens is 1. The maximum Gasteiger partial charge on any atom is 0.234 e. The minimum Gasteiger partial charge on any atom is -0.496 e. The summed E-state index contributed by atoms with van der Waals surface area (Å²) in [5.41, 5.74) is 4.47. The molecule has 0 aliphatic heterocycles. The Kier molecular flexibility index (Phi) is 6.03. The van der Waals surface area contributed by atoms with Crippen LogP contribution in [0.4, 0.5) is 0 Å².